The number of aromatic nitrogens is 2. The van der Waals surface area contributed by atoms with Gasteiger partial charge in [-0.05, 0) is 25.9 Å². The van der Waals surface area contributed by atoms with E-state index in [1.54, 1.807) is 0 Å². The Morgan fingerprint density at radius 3 is 3.00 bits per heavy atom. The van der Waals surface area contributed by atoms with E-state index in [1.165, 1.54) is 18.5 Å². The number of nitrogens with one attached hydrogen (secondary N) is 1. The minimum Gasteiger partial charge on any atom is -0.395 e. The van der Waals surface area contributed by atoms with Gasteiger partial charge in [-0.25, -0.2) is 4.98 Å². The molecular formula is C10H17N3O. The maximum absolute atomic E-state index is 8.90. The number of imidazole rings is 1. The highest BCUT2D eigenvalue weighted by atomic mass is 16.3. The van der Waals surface area contributed by atoms with Crippen molar-refractivity contribution in [3.05, 3.63) is 18.2 Å². The molecule has 2 rings (SSSR count). The first kappa shape index (κ1) is 9.68. The maximum Gasteiger partial charge on any atom is 0.0949 e. The predicted molar refractivity (Wildman–Crippen MR) is 54.2 cm³/mol. The molecule has 0 spiro atoms. The van der Waals surface area contributed by atoms with Gasteiger partial charge in [-0.15, -0.1) is 0 Å². The summed E-state index contributed by atoms with van der Waals surface area (Å²) in [6.07, 6.45) is 6.10. The van der Waals surface area contributed by atoms with Crippen LogP contribution in [0, 0.1) is 0 Å². The third-order valence-electron chi connectivity index (χ3n) is 2.84. The topological polar surface area (TPSA) is 50.1 Å². The Hall–Kier alpha value is -0.870. The van der Waals surface area contributed by atoms with Gasteiger partial charge in [0.15, 0.2) is 0 Å². The van der Waals surface area contributed by atoms with E-state index in [0.717, 1.165) is 13.1 Å². The van der Waals surface area contributed by atoms with E-state index in [9.17, 15) is 0 Å². The van der Waals surface area contributed by atoms with Gasteiger partial charge in [0.05, 0.1) is 12.9 Å². The van der Waals surface area contributed by atoms with Gasteiger partial charge in [-0.1, -0.05) is 0 Å². The fourth-order valence-electron chi connectivity index (χ4n) is 2.08. The number of rotatable bonds is 3. The molecule has 1 fully saturated rings. The van der Waals surface area contributed by atoms with Crippen molar-refractivity contribution in [3.63, 3.8) is 0 Å². The summed E-state index contributed by atoms with van der Waals surface area (Å²) in [6.45, 7) is 3.04. The molecule has 1 aliphatic rings. The lowest BCUT2D eigenvalue weighted by Gasteiger charge is -2.23. The molecular weight excluding hydrogens is 178 g/mol. The Bertz CT molecular complexity index is 279. The summed E-state index contributed by atoms with van der Waals surface area (Å²) in [4.78, 5) is 4.15. The van der Waals surface area contributed by atoms with Crippen molar-refractivity contribution in [3.8, 4) is 0 Å². The molecule has 2 heterocycles. The van der Waals surface area contributed by atoms with E-state index in [2.05, 4.69) is 14.9 Å². The van der Waals surface area contributed by atoms with Gasteiger partial charge >= 0.3 is 0 Å². The van der Waals surface area contributed by atoms with Crippen LogP contribution in [-0.4, -0.2) is 34.4 Å². The summed E-state index contributed by atoms with van der Waals surface area (Å²) < 4.78 is 2.07. The summed E-state index contributed by atoms with van der Waals surface area (Å²) >= 11 is 0. The molecule has 0 radical (unpaired) electrons. The zero-order valence-electron chi connectivity index (χ0n) is 8.32. The van der Waals surface area contributed by atoms with Crippen molar-refractivity contribution < 1.29 is 5.11 Å². The summed E-state index contributed by atoms with van der Waals surface area (Å²) in [5.74, 6) is 0.616. The molecule has 14 heavy (non-hydrogen) atoms. The molecule has 1 aromatic heterocycles. The molecule has 0 saturated carbocycles. The Balaban J connectivity index is 2.09. The molecule has 2 N–H and O–H groups in total. The molecule has 1 aromatic rings. The fraction of sp³-hybridized carbons (Fsp3) is 0.700. The van der Waals surface area contributed by atoms with Crippen LogP contribution in [0.4, 0.5) is 0 Å². The van der Waals surface area contributed by atoms with Crippen molar-refractivity contribution in [1.29, 1.82) is 0 Å². The van der Waals surface area contributed by atoms with Crippen molar-refractivity contribution in [2.45, 2.75) is 25.3 Å². The lowest BCUT2D eigenvalue weighted by molar-refractivity contribution is 0.272. The molecule has 0 aromatic carbocycles. The molecule has 1 aliphatic heterocycles. The fourth-order valence-corrected chi connectivity index (χ4v) is 2.08. The van der Waals surface area contributed by atoms with Crippen LogP contribution in [-0.2, 0) is 6.54 Å². The van der Waals surface area contributed by atoms with Crippen LogP contribution < -0.4 is 5.32 Å². The van der Waals surface area contributed by atoms with Crippen LogP contribution in [0.2, 0.25) is 0 Å². The van der Waals surface area contributed by atoms with Gasteiger partial charge in [-0.3, -0.25) is 0 Å². The number of aliphatic hydroxyl groups is 1. The van der Waals surface area contributed by atoms with Gasteiger partial charge in [0, 0.05) is 24.4 Å². The Labute approximate surface area is 84.0 Å². The minimum absolute atomic E-state index is 0.189. The van der Waals surface area contributed by atoms with Crippen molar-refractivity contribution in [2.75, 3.05) is 19.7 Å². The largest absolute Gasteiger partial charge is 0.395 e. The summed E-state index contributed by atoms with van der Waals surface area (Å²) in [7, 11) is 0. The SMILES string of the molecule is OCCn1cncc1C1CCNCC1. The highest BCUT2D eigenvalue weighted by Gasteiger charge is 2.18. The van der Waals surface area contributed by atoms with Gasteiger partial charge < -0.3 is 15.0 Å². The third-order valence-corrected chi connectivity index (χ3v) is 2.84. The second-order valence-corrected chi connectivity index (χ2v) is 3.76. The van der Waals surface area contributed by atoms with Gasteiger partial charge in [0.25, 0.3) is 0 Å². The van der Waals surface area contributed by atoms with Crippen LogP contribution in [0.5, 0.6) is 0 Å². The number of hydrogen-bond acceptors (Lipinski definition) is 3. The highest BCUT2D eigenvalue weighted by Crippen LogP contribution is 2.24. The first-order chi connectivity index (χ1) is 6.92. The second kappa shape index (κ2) is 4.57. The summed E-state index contributed by atoms with van der Waals surface area (Å²) in [5.41, 5.74) is 1.28. The van der Waals surface area contributed by atoms with E-state index in [0.29, 0.717) is 12.5 Å². The van der Waals surface area contributed by atoms with E-state index in [4.69, 9.17) is 5.11 Å². The zero-order valence-corrected chi connectivity index (χ0v) is 8.32. The maximum atomic E-state index is 8.90. The molecule has 4 heteroatoms. The average Bonchev–Trinajstić information content (AvgIpc) is 2.68. The molecule has 0 atom stereocenters. The van der Waals surface area contributed by atoms with Gasteiger partial charge in [0.2, 0.25) is 0 Å². The van der Waals surface area contributed by atoms with E-state index in [-0.39, 0.29) is 6.61 Å². The Morgan fingerprint density at radius 1 is 1.50 bits per heavy atom. The number of piperidine rings is 1. The lowest BCUT2D eigenvalue weighted by atomic mass is 9.95. The van der Waals surface area contributed by atoms with Crippen molar-refractivity contribution >= 4 is 0 Å². The summed E-state index contributed by atoms with van der Waals surface area (Å²) in [5, 5.41) is 12.2. The average molecular weight is 195 g/mol. The number of hydrogen-bond donors (Lipinski definition) is 2. The molecule has 4 nitrogen and oxygen atoms in total. The van der Waals surface area contributed by atoms with E-state index < -0.39 is 0 Å². The molecule has 0 unspecified atom stereocenters. The van der Waals surface area contributed by atoms with Crippen LogP contribution in [0.1, 0.15) is 24.5 Å². The normalized spacial score (nSPS) is 18.6. The standard InChI is InChI=1S/C10H17N3O/c14-6-5-13-8-12-7-10(13)9-1-3-11-4-2-9/h7-9,11,14H,1-6H2. The second-order valence-electron chi connectivity index (χ2n) is 3.76. The molecule has 1 saturated heterocycles. The van der Waals surface area contributed by atoms with Crippen LogP contribution in [0.25, 0.3) is 0 Å². The highest BCUT2D eigenvalue weighted by molar-refractivity contribution is 5.07. The smallest absolute Gasteiger partial charge is 0.0949 e. The monoisotopic (exact) mass is 195 g/mol. The third kappa shape index (κ3) is 1.96. The Morgan fingerprint density at radius 2 is 2.29 bits per heavy atom. The predicted octanol–water partition coefficient (Wildman–Crippen LogP) is 0.342. The van der Waals surface area contributed by atoms with Crippen LogP contribution >= 0.6 is 0 Å². The quantitative estimate of drug-likeness (QED) is 0.731. The van der Waals surface area contributed by atoms with E-state index in [1.807, 2.05) is 12.5 Å². The summed E-state index contributed by atoms with van der Waals surface area (Å²) in [6, 6.07) is 0. The molecule has 0 amide bonds. The van der Waals surface area contributed by atoms with E-state index >= 15 is 0 Å². The van der Waals surface area contributed by atoms with Gasteiger partial charge in [0.1, 0.15) is 0 Å². The molecule has 78 valence electrons. The Kier molecular flexibility index (Phi) is 3.16. The first-order valence-corrected chi connectivity index (χ1v) is 5.23. The lowest BCUT2D eigenvalue weighted by Crippen LogP contribution is -2.27. The van der Waals surface area contributed by atoms with Crippen molar-refractivity contribution in [2.24, 2.45) is 0 Å². The first-order valence-electron chi connectivity index (χ1n) is 5.23. The van der Waals surface area contributed by atoms with Crippen molar-refractivity contribution in [1.82, 2.24) is 14.9 Å². The molecule has 0 bridgehead atoms. The molecule has 0 aliphatic carbocycles. The van der Waals surface area contributed by atoms with Gasteiger partial charge in [-0.2, -0.15) is 0 Å². The van der Waals surface area contributed by atoms with Crippen LogP contribution in [0.15, 0.2) is 12.5 Å². The number of nitrogens with zero attached hydrogens (tertiary/aromatic N) is 2. The number of aliphatic hydroxyl groups excluding tert-OH is 1. The van der Waals surface area contributed by atoms with Crippen LogP contribution in [0.3, 0.4) is 0 Å². The zero-order chi connectivity index (χ0) is 9.80. The minimum atomic E-state index is 0.189.